The molecule has 0 fully saturated rings. The van der Waals surface area contributed by atoms with Gasteiger partial charge in [0.05, 0.1) is 10.9 Å². The second-order valence-corrected chi connectivity index (χ2v) is 2.82. The molecule has 0 aliphatic rings. The van der Waals surface area contributed by atoms with Crippen LogP contribution in [0.25, 0.3) is 0 Å². The summed E-state index contributed by atoms with van der Waals surface area (Å²) in [5.74, 6) is -0.872. The molecule has 1 aromatic rings. The first-order valence-electron chi connectivity index (χ1n) is 2.85. The number of carbonyl (C=O) groups is 1. The molecule has 0 spiro atoms. The molecule has 3 heteroatoms. The van der Waals surface area contributed by atoms with Gasteiger partial charge in [-0.1, -0.05) is 0 Å². The Morgan fingerprint density at radius 2 is 1.80 bits per heavy atom. The van der Waals surface area contributed by atoms with Crippen LogP contribution >= 0.6 is 9.24 Å². The highest BCUT2D eigenvalue weighted by Gasteiger charge is 1.99. The smallest absolute Gasteiger partial charge is 0.335 e. The van der Waals surface area contributed by atoms with Crippen molar-refractivity contribution in [1.29, 1.82) is 0 Å². The largest absolute Gasteiger partial charge is 0.478 e. The summed E-state index contributed by atoms with van der Waals surface area (Å²) in [5, 5.41) is 9.58. The van der Waals surface area contributed by atoms with E-state index in [1.807, 2.05) is 0 Å². The lowest BCUT2D eigenvalue weighted by molar-refractivity contribution is 0.0697. The van der Waals surface area contributed by atoms with Crippen molar-refractivity contribution in [2.24, 2.45) is 0 Å². The molecule has 10 heavy (non-hydrogen) atoms. The minimum absolute atomic E-state index is 0.343. The molecule has 0 heterocycles. The van der Waals surface area contributed by atoms with Crippen LogP contribution in [0.15, 0.2) is 24.3 Å². The van der Waals surface area contributed by atoms with Gasteiger partial charge in [-0.15, -0.1) is 0 Å². The Morgan fingerprint density at radius 3 is 2.20 bits per heavy atom. The third-order valence-electron chi connectivity index (χ3n) is 1.20. The average molecular weight is 155 g/mol. The molecule has 0 radical (unpaired) electrons. The molecule has 0 saturated heterocycles. The minimum Gasteiger partial charge on any atom is -0.478 e. The third-order valence-corrected chi connectivity index (χ3v) is 1.67. The highest BCUT2D eigenvalue weighted by atomic mass is 31.0. The topological polar surface area (TPSA) is 37.3 Å². The third kappa shape index (κ3) is 1.55. The SMILES string of the molecule is O=C(O)c1ccc([PH3+])cc1. The number of aromatic carboxylic acids is 1. The highest BCUT2D eigenvalue weighted by molar-refractivity contribution is 7.27. The lowest BCUT2D eigenvalue weighted by Crippen LogP contribution is -1.98. The predicted molar refractivity (Wildman–Crippen MR) is 44.1 cm³/mol. The van der Waals surface area contributed by atoms with Crippen LogP contribution in [0.4, 0.5) is 0 Å². The summed E-state index contributed by atoms with van der Waals surface area (Å²) >= 11 is 0. The van der Waals surface area contributed by atoms with Crippen molar-refractivity contribution in [2.75, 3.05) is 0 Å². The van der Waals surface area contributed by atoms with Gasteiger partial charge < -0.3 is 5.11 Å². The van der Waals surface area contributed by atoms with Crippen LogP contribution in [0, 0.1) is 0 Å². The van der Waals surface area contributed by atoms with E-state index in [0.717, 1.165) is 5.30 Å². The molecule has 0 saturated carbocycles. The molecular formula is C7H8O2P+. The quantitative estimate of drug-likeness (QED) is 0.603. The summed E-state index contributed by atoms with van der Waals surface area (Å²) in [6, 6.07) is 6.79. The maximum atomic E-state index is 10.3. The second-order valence-electron chi connectivity index (χ2n) is 2.00. The lowest BCUT2D eigenvalue weighted by atomic mass is 10.2. The molecular weight excluding hydrogens is 147 g/mol. The van der Waals surface area contributed by atoms with E-state index in [1.54, 1.807) is 33.5 Å². The van der Waals surface area contributed by atoms with Gasteiger partial charge in [-0.25, -0.2) is 4.79 Å². The van der Waals surface area contributed by atoms with Gasteiger partial charge in [0, 0.05) is 9.24 Å². The Bertz CT molecular complexity index is 240. The fourth-order valence-electron chi connectivity index (χ4n) is 0.647. The van der Waals surface area contributed by atoms with Crippen LogP contribution in [0.1, 0.15) is 10.4 Å². The molecule has 1 atom stereocenters. The van der Waals surface area contributed by atoms with Crippen LogP contribution in [-0.2, 0) is 0 Å². The molecule has 0 aromatic heterocycles. The van der Waals surface area contributed by atoms with E-state index in [9.17, 15) is 4.79 Å². The molecule has 0 aliphatic carbocycles. The van der Waals surface area contributed by atoms with Gasteiger partial charge >= 0.3 is 5.97 Å². The van der Waals surface area contributed by atoms with Crippen molar-refractivity contribution in [3.8, 4) is 0 Å². The average Bonchev–Trinajstić information content (AvgIpc) is 1.88. The first-order chi connectivity index (χ1) is 4.70. The standard InChI is InChI=1S/C7H7O2P/c8-7(9)5-1-3-6(10)4-2-5/h1-4H,10H2,(H,8,9)/p+1. The van der Waals surface area contributed by atoms with Crippen LogP contribution in [-0.4, -0.2) is 11.1 Å². The van der Waals surface area contributed by atoms with E-state index in [-0.39, 0.29) is 0 Å². The molecule has 1 aromatic carbocycles. The van der Waals surface area contributed by atoms with Gasteiger partial charge in [0.1, 0.15) is 0 Å². The maximum absolute atomic E-state index is 10.3. The fraction of sp³-hybridized carbons (Fsp3) is 0. The normalized spacial score (nSPS) is 9.60. The van der Waals surface area contributed by atoms with Crippen molar-refractivity contribution < 1.29 is 9.90 Å². The van der Waals surface area contributed by atoms with E-state index < -0.39 is 5.97 Å². The first-order valence-corrected chi connectivity index (χ1v) is 3.56. The molecule has 1 rings (SSSR count). The molecule has 0 amide bonds. The van der Waals surface area contributed by atoms with E-state index in [0.29, 0.717) is 5.56 Å². The zero-order valence-electron chi connectivity index (χ0n) is 5.37. The number of carboxylic acids is 1. The Balaban J connectivity index is 3.00. The van der Waals surface area contributed by atoms with E-state index >= 15 is 0 Å². The summed E-state index contributed by atoms with van der Waals surface area (Å²) in [4.78, 5) is 10.3. The Kier molecular flexibility index (Phi) is 2.03. The van der Waals surface area contributed by atoms with Gasteiger partial charge in [0.25, 0.3) is 0 Å². The molecule has 2 nitrogen and oxygen atoms in total. The number of hydrogen-bond acceptors (Lipinski definition) is 1. The van der Waals surface area contributed by atoms with Crippen molar-refractivity contribution in [3.63, 3.8) is 0 Å². The van der Waals surface area contributed by atoms with E-state index in [2.05, 4.69) is 0 Å². The van der Waals surface area contributed by atoms with Gasteiger partial charge in [-0.3, -0.25) is 0 Å². The summed E-state index contributed by atoms with van der Waals surface area (Å²) in [5.41, 5.74) is 0.343. The molecule has 52 valence electrons. The van der Waals surface area contributed by atoms with Crippen molar-refractivity contribution in [1.82, 2.24) is 0 Å². The molecule has 0 aliphatic heterocycles. The Morgan fingerprint density at radius 1 is 1.30 bits per heavy atom. The van der Waals surface area contributed by atoms with Gasteiger partial charge in [-0.2, -0.15) is 0 Å². The van der Waals surface area contributed by atoms with Crippen molar-refractivity contribution >= 4 is 20.5 Å². The summed E-state index contributed by atoms with van der Waals surface area (Å²) < 4.78 is 0. The summed E-state index contributed by atoms with van der Waals surface area (Å²) in [6.45, 7) is 0. The summed E-state index contributed by atoms with van der Waals surface area (Å²) in [6.07, 6.45) is 0. The van der Waals surface area contributed by atoms with Crippen molar-refractivity contribution in [2.45, 2.75) is 0 Å². The van der Waals surface area contributed by atoms with Gasteiger partial charge in [0.2, 0.25) is 0 Å². The zero-order valence-corrected chi connectivity index (χ0v) is 6.79. The Hall–Kier alpha value is -0.880. The van der Waals surface area contributed by atoms with Crippen LogP contribution in [0.2, 0.25) is 0 Å². The van der Waals surface area contributed by atoms with E-state index in [4.69, 9.17) is 5.11 Å². The molecule has 1 N–H and O–H groups in total. The molecule has 1 unspecified atom stereocenters. The first kappa shape index (κ1) is 7.23. The lowest BCUT2D eigenvalue weighted by Gasteiger charge is -1.90. The van der Waals surface area contributed by atoms with E-state index in [1.165, 1.54) is 0 Å². The zero-order chi connectivity index (χ0) is 7.56. The monoisotopic (exact) mass is 155 g/mol. The summed E-state index contributed by atoms with van der Waals surface area (Å²) in [7, 11) is 1.73. The van der Waals surface area contributed by atoms with Crippen LogP contribution < -0.4 is 5.30 Å². The van der Waals surface area contributed by atoms with Gasteiger partial charge in [0.15, 0.2) is 0 Å². The Labute approximate surface area is 61.1 Å². The number of carboxylic acid groups (broad SMARTS) is 1. The van der Waals surface area contributed by atoms with Crippen LogP contribution in [0.3, 0.4) is 0 Å². The van der Waals surface area contributed by atoms with Crippen molar-refractivity contribution in [3.05, 3.63) is 29.8 Å². The fourth-order valence-corrected chi connectivity index (χ4v) is 0.883. The second kappa shape index (κ2) is 2.80. The number of rotatable bonds is 1. The number of benzene rings is 1. The highest BCUT2D eigenvalue weighted by Crippen LogP contribution is 1.97. The van der Waals surface area contributed by atoms with Gasteiger partial charge in [-0.05, 0) is 24.3 Å². The van der Waals surface area contributed by atoms with Crippen LogP contribution in [0.5, 0.6) is 0 Å². The maximum Gasteiger partial charge on any atom is 0.335 e. The molecule has 0 bridgehead atoms. The minimum atomic E-state index is -0.872. The number of hydrogen-bond donors (Lipinski definition) is 1. The predicted octanol–water partition coefficient (Wildman–Crippen LogP) is 0.617.